The van der Waals surface area contributed by atoms with Crippen LogP contribution in [-0.2, 0) is 4.79 Å². The van der Waals surface area contributed by atoms with E-state index in [4.69, 9.17) is 15.2 Å². The lowest BCUT2D eigenvalue weighted by Crippen LogP contribution is -2.39. The lowest BCUT2D eigenvalue weighted by Gasteiger charge is -2.27. The zero-order valence-corrected chi connectivity index (χ0v) is 16.7. The van der Waals surface area contributed by atoms with Crippen molar-refractivity contribution in [2.24, 2.45) is 5.73 Å². The second-order valence-corrected chi connectivity index (χ2v) is 7.35. The summed E-state index contributed by atoms with van der Waals surface area (Å²) in [7, 11) is 0. The van der Waals surface area contributed by atoms with Gasteiger partial charge in [0.2, 0.25) is 0 Å². The Labute approximate surface area is 166 Å². The zero-order valence-electron chi connectivity index (χ0n) is 16.7. The van der Waals surface area contributed by atoms with E-state index in [0.717, 1.165) is 45.3 Å². The molecule has 1 aromatic carbocycles. The van der Waals surface area contributed by atoms with Crippen LogP contribution in [-0.4, -0.2) is 67.0 Å². The van der Waals surface area contributed by atoms with Crippen molar-refractivity contribution in [1.29, 1.82) is 0 Å². The third kappa shape index (κ3) is 4.76. The van der Waals surface area contributed by atoms with E-state index >= 15 is 0 Å². The Morgan fingerprint density at radius 3 is 2.57 bits per heavy atom. The molecule has 1 unspecified atom stereocenters. The van der Waals surface area contributed by atoms with Crippen LogP contribution in [0, 0.1) is 0 Å². The molecule has 0 spiro atoms. The average Bonchev–Trinajstić information content (AvgIpc) is 3.21. The number of amides is 2. The molecule has 28 heavy (non-hydrogen) atoms. The largest absolute Gasteiger partial charge is 0.490 e. The summed E-state index contributed by atoms with van der Waals surface area (Å²) in [6.07, 6.45) is 5.20. The molecule has 154 valence electrons. The minimum atomic E-state index is -0.0372. The highest BCUT2D eigenvalue weighted by Gasteiger charge is 2.29. The zero-order chi connectivity index (χ0) is 19.9. The van der Waals surface area contributed by atoms with Gasteiger partial charge in [0.05, 0.1) is 6.61 Å². The summed E-state index contributed by atoms with van der Waals surface area (Å²) in [6, 6.07) is 5.26. The molecular formula is C21H31N3O4. The van der Waals surface area contributed by atoms with E-state index in [2.05, 4.69) is 0 Å². The van der Waals surface area contributed by atoms with Gasteiger partial charge in [0.15, 0.2) is 18.1 Å². The number of ether oxygens (including phenoxy) is 2. The Morgan fingerprint density at radius 2 is 1.86 bits per heavy atom. The molecule has 1 atom stereocenters. The fraction of sp³-hybridized carbons (Fsp3) is 0.619. The normalized spacial score (nSPS) is 19.6. The standard InChI is InChI=1S/C21H31N3O4/c1-2-27-19-13-16(21(26)24-12-6-7-17(24)14-22)8-9-18(19)28-15-20(25)23-10-4-3-5-11-23/h8-9,13,17H,2-7,10-12,14-15,22H2,1H3. The van der Waals surface area contributed by atoms with Gasteiger partial charge in [-0.1, -0.05) is 0 Å². The molecule has 2 amide bonds. The van der Waals surface area contributed by atoms with Crippen molar-refractivity contribution in [2.75, 3.05) is 39.4 Å². The van der Waals surface area contributed by atoms with Crippen LogP contribution >= 0.6 is 0 Å². The number of piperidine rings is 1. The number of nitrogens with two attached hydrogens (primary N) is 1. The van der Waals surface area contributed by atoms with Crippen LogP contribution in [0.4, 0.5) is 0 Å². The van der Waals surface area contributed by atoms with Gasteiger partial charge in [-0.25, -0.2) is 0 Å². The Hall–Kier alpha value is -2.28. The van der Waals surface area contributed by atoms with E-state index in [0.29, 0.717) is 30.2 Å². The molecule has 2 heterocycles. The molecular weight excluding hydrogens is 358 g/mol. The maximum atomic E-state index is 12.9. The molecule has 7 heteroatoms. The highest BCUT2D eigenvalue weighted by molar-refractivity contribution is 5.95. The van der Waals surface area contributed by atoms with Gasteiger partial charge in [-0.15, -0.1) is 0 Å². The van der Waals surface area contributed by atoms with E-state index in [-0.39, 0.29) is 24.5 Å². The van der Waals surface area contributed by atoms with Crippen LogP contribution in [0.2, 0.25) is 0 Å². The summed E-state index contributed by atoms with van der Waals surface area (Å²) in [4.78, 5) is 28.9. The maximum Gasteiger partial charge on any atom is 0.260 e. The van der Waals surface area contributed by atoms with Crippen molar-refractivity contribution in [3.8, 4) is 11.5 Å². The van der Waals surface area contributed by atoms with Gasteiger partial charge in [-0.2, -0.15) is 0 Å². The van der Waals surface area contributed by atoms with Crippen molar-refractivity contribution >= 4 is 11.8 Å². The van der Waals surface area contributed by atoms with Gasteiger partial charge < -0.3 is 25.0 Å². The minimum Gasteiger partial charge on any atom is -0.490 e. The summed E-state index contributed by atoms with van der Waals surface area (Å²) >= 11 is 0. The number of carbonyl (C=O) groups is 2. The number of nitrogens with zero attached hydrogens (tertiary/aromatic N) is 2. The molecule has 0 aromatic heterocycles. The van der Waals surface area contributed by atoms with Crippen LogP contribution < -0.4 is 15.2 Å². The molecule has 2 aliphatic heterocycles. The molecule has 2 N–H and O–H groups in total. The summed E-state index contributed by atoms with van der Waals surface area (Å²) in [5.74, 6) is 0.929. The van der Waals surface area contributed by atoms with Gasteiger partial charge in [-0.05, 0) is 57.2 Å². The Morgan fingerprint density at radius 1 is 1.07 bits per heavy atom. The molecule has 7 nitrogen and oxygen atoms in total. The Kier molecular flexibility index (Phi) is 7.14. The molecule has 0 saturated carbocycles. The number of hydrogen-bond acceptors (Lipinski definition) is 5. The lowest BCUT2D eigenvalue weighted by molar-refractivity contribution is -0.134. The first-order valence-corrected chi connectivity index (χ1v) is 10.3. The van der Waals surface area contributed by atoms with Gasteiger partial charge in [0.1, 0.15) is 0 Å². The predicted octanol–water partition coefficient (Wildman–Crippen LogP) is 2.04. The summed E-state index contributed by atoms with van der Waals surface area (Å²) < 4.78 is 11.4. The van der Waals surface area contributed by atoms with E-state index < -0.39 is 0 Å². The van der Waals surface area contributed by atoms with Gasteiger partial charge >= 0.3 is 0 Å². The number of likely N-dealkylation sites (tertiary alicyclic amines) is 2. The molecule has 2 fully saturated rings. The lowest BCUT2D eigenvalue weighted by atomic mass is 10.1. The molecule has 2 saturated heterocycles. The SMILES string of the molecule is CCOc1cc(C(=O)N2CCCC2CN)ccc1OCC(=O)N1CCCCC1. The molecule has 0 aliphatic carbocycles. The fourth-order valence-corrected chi connectivity index (χ4v) is 3.92. The Bertz CT molecular complexity index is 688. The summed E-state index contributed by atoms with van der Waals surface area (Å²) in [5, 5.41) is 0. The molecule has 2 aliphatic rings. The monoisotopic (exact) mass is 389 g/mol. The van der Waals surface area contributed by atoms with E-state index in [1.807, 2.05) is 16.7 Å². The van der Waals surface area contributed by atoms with Crippen molar-refractivity contribution in [3.05, 3.63) is 23.8 Å². The first-order chi connectivity index (χ1) is 13.6. The predicted molar refractivity (Wildman–Crippen MR) is 107 cm³/mol. The molecule has 0 bridgehead atoms. The average molecular weight is 389 g/mol. The quantitative estimate of drug-likeness (QED) is 0.771. The van der Waals surface area contributed by atoms with Crippen LogP contribution in [0.15, 0.2) is 18.2 Å². The van der Waals surface area contributed by atoms with E-state index in [1.54, 1.807) is 18.2 Å². The third-order valence-corrected chi connectivity index (χ3v) is 5.46. The number of rotatable bonds is 7. The number of benzene rings is 1. The van der Waals surface area contributed by atoms with Crippen molar-refractivity contribution < 1.29 is 19.1 Å². The van der Waals surface area contributed by atoms with Crippen LogP contribution in [0.1, 0.15) is 49.4 Å². The highest BCUT2D eigenvalue weighted by atomic mass is 16.5. The van der Waals surface area contributed by atoms with Gasteiger partial charge in [-0.3, -0.25) is 9.59 Å². The van der Waals surface area contributed by atoms with Gasteiger partial charge in [0.25, 0.3) is 11.8 Å². The van der Waals surface area contributed by atoms with Crippen LogP contribution in [0.5, 0.6) is 11.5 Å². The minimum absolute atomic E-state index is 0.00912. The van der Waals surface area contributed by atoms with Gasteiger partial charge in [0, 0.05) is 37.8 Å². The molecule has 0 radical (unpaired) electrons. The Balaban J connectivity index is 1.68. The van der Waals surface area contributed by atoms with Crippen molar-refractivity contribution in [1.82, 2.24) is 9.80 Å². The maximum absolute atomic E-state index is 12.9. The van der Waals surface area contributed by atoms with Crippen LogP contribution in [0.3, 0.4) is 0 Å². The smallest absolute Gasteiger partial charge is 0.260 e. The molecule has 1 aromatic rings. The van der Waals surface area contributed by atoms with E-state index in [1.165, 1.54) is 6.42 Å². The number of hydrogen-bond donors (Lipinski definition) is 1. The van der Waals surface area contributed by atoms with Crippen molar-refractivity contribution in [2.45, 2.75) is 45.1 Å². The first-order valence-electron chi connectivity index (χ1n) is 10.3. The summed E-state index contributed by atoms with van der Waals surface area (Å²) in [5.41, 5.74) is 6.35. The first kappa shape index (κ1) is 20.5. The second kappa shape index (κ2) is 9.78. The third-order valence-electron chi connectivity index (χ3n) is 5.46. The fourth-order valence-electron chi connectivity index (χ4n) is 3.92. The molecule has 3 rings (SSSR count). The topological polar surface area (TPSA) is 85.1 Å². The highest BCUT2D eigenvalue weighted by Crippen LogP contribution is 2.30. The van der Waals surface area contributed by atoms with Crippen molar-refractivity contribution in [3.63, 3.8) is 0 Å². The van der Waals surface area contributed by atoms with E-state index in [9.17, 15) is 9.59 Å². The number of carbonyl (C=O) groups excluding carboxylic acids is 2. The van der Waals surface area contributed by atoms with Crippen LogP contribution in [0.25, 0.3) is 0 Å². The second-order valence-electron chi connectivity index (χ2n) is 7.35. The summed E-state index contributed by atoms with van der Waals surface area (Å²) in [6.45, 7) is 5.11.